The molecule has 0 amide bonds. The summed E-state index contributed by atoms with van der Waals surface area (Å²) in [6, 6.07) is 31.3. The third-order valence-electron chi connectivity index (χ3n) is 5.60. The van der Waals surface area contributed by atoms with Crippen LogP contribution in [0.3, 0.4) is 0 Å². The maximum atomic E-state index is 2.39. The maximum absolute atomic E-state index is 2.39. The fourth-order valence-corrected chi connectivity index (χ4v) is 8.70. The Hall–Kier alpha value is -2.34. The van der Waals surface area contributed by atoms with Crippen molar-refractivity contribution >= 4 is 51.8 Å². The van der Waals surface area contributed by atoms with E-state index in [9.17, 15) is 0 Å². The van der Waals surface area contributed by atoms with Crippen LogP contribution in [0.15, 0.2) is 108 Å². The molecular weight excluding hydrogens is 411 g/mol. The van der Waals surface area contributed by atoms with Crippen LogP contribution in [0.1, 0.15) is 20.8 Å². The normalized spacial score (nSPS) is 16.4. The van der Waals surface area contributed by atoms with E-state index in [1.54, 1.807) is 5.31 Å². The lowest BCUT2D eigenvalue weighted by Gasteiger charge is -2.30. The second-order valence-corrected chi connectivity index (χ2v) is 13.1. The largest absolute Gasteiger partial charge is 0.144 e. The minimum atomic E-state index is -0.666. The van der Waals surface area contributed by atoms with E-state index in [-0.39, 0.29) is 4.75 Å². The molecule has 0 heterocycles. The van der Waals surface area contributed by atoms with Crippen LogP contribution in [-0.4, -0.2) is 10.00 Å². The molecule has 0 saturated carbocycles. The summed E-state index contributed by atoms with van der Waals surface area (Å²) >= 11 is 2.06. The molecule has 0 saturated heterocycles. The third-order valence-corrected chi connectivity index (χ3v) is 9.83. The van der Waals surface area contributed by atoms with Crippen LogP contribution in [0.4, 0.5) is 0 Å². The summed E-state index contributed by atoms with van der Waals surface area (Å²) in [7, 11) is -0.666. The molecule has 1 unspecified atom stereocenters. The van der Waals surface area contributed by atoms with Crippen molar-refractivity contribution in [2.45, 2.75) is 30.8 Å². The average molecular weight is 439 g/mol. The summed E-state index contributed by atoms with van der Waals surface area (Å²) in [5.74, 6) is 0. The van der Waals surface area contributed by atoms with E-state index in [1.165, 1.54) is 32.2 Å². The first-order valence-electron chi connectivity index (χ1n) is 10.8. The van der Waals surface area contributed by atoms with E-state index in [1.807, 2.05) is 0 Å². The monoisotopic (exact) mass is 438 g/mol. The highest BCUT2D eigenvalue weighted by Crippen LogP contribution is 2.53. The van der Waals surface area contributed by atoms with Crippen LogP contribution >= 0.6 is 19.7 Å². The van der Waals surface area contributed by atoms with E-state index < -0.39 is 7.92 Å². The molecule has 5 rings (SSSR count). The van der Waals surface area contributed by atoms with Gasteiger partial charge >= 0.3 is 0 Å². The Morgan fingerprint density at radius 2 is 1.19 bits per heavy atom. The van der Waals surface area contributed by atoms with Crippen LogP contribution in [0, 0.1) is 0 Å². The van der Waals surface area contributed by atoms with Gasteiger partial charge in [0.2, 0.25) is 0 Å². The number of benzene rings is 4. The number of hydrogen-bond donors (Lipinski definition) is 0. The number of hydrogen-bond acceptors (Lipinski definition) is 1. The lowest BCUT2D eigenvalue weighted by Crippen LogP contribution is -2.21. The minimum Gasteiger partial charge on any atom is -0.144 e. The van der Waals surface area contributed by atoms with Crippen molar-refractivity contribution in [2.24, 2.45) is 0 Å². The Morgan fingerprint density at radius 3 is 1.74 bits per heavy atom. The molecule has 1 aliphatic rings. The molecule has 4 aromatic carbocycles. The lowest BCUT2D eigenvalue weighted by atomic mass is 10.1. The zero-order valence-electron chi connectivity index (χ0n) is 18.2. The molecule has 2 heteroatoms. The molecule has 0 bridgehead atoms. The van der Waals surface area contributed by atoms with Crippen LogP contribution < -0.4 is 10.6 Å². The van der Waals surface area contributed by atoms with E-state index in [0.29, 0.717) is 5.25 Å². The fraction of sp³-hybridized carbons (Fsp3) is 0.172. The molecule has 31 heavy (non-hydrogen) atoms. The van der Waals surface area contributed by atoms with Gasteiger partial charge < -0.3 is 0 Å². The van der Waals surface area contributed by atoms with Crippen molar-refractivity contribution in [1.29, 1.82) is 0 Å². The molecule has 0 N–H and O–H groups in total. The van der Waals surface area contributed by atoms with E-state index in [4.69, 9.17) is 0 Å². The summed E-state index contributed by atoms with van der Waals surface area (Å²) in [5, 5.41) is 10.2. The first kappa shape index (κ1) is 20.6. The molecule has 0 aromatic heterocycles. The highest BCUT2D eigenvalue weighted by Gasteiger charge is 2.31. The highest BCUT2D eigenvalue weighted by molar-refractivity contribution is 8.02. The highest BCUT2D eigenvalue weighted by atomic mass is 32.2. The Morgan fingerprint density at radius 1 is 0.677 bits per heavy atom. The van der Waals surface area contributed by atoms with Gasteiger partial charge in [-0.05, 0) is 45.4 Å². The predicted octanol–water partition coefficient (Wildman–Crippen LogP) is 7.78. The van der Waals surface area contributed by atoms with Gasteiger partial charge in [0, 0.05) is 10.00 Å². The first-order valence-corrected chi connectivity index (χ1v) is 13.1. The maximum Gasteiger partial charge on any atom is 0.0496 e. The fourth-order valence-electron chi connectivity index (χ4n) is 4.35. The van der Waals surface area contributed by atoms with Crippen LogP contribution in [0.5, 0.6) is 0 Å². The van der Waals surface area contributed by atoms with Crippen LogP contribution in [0.25, 0.3) is 21.5 Å². The summed E-state index contributed by atoms with van der Waals surface area (Å²) in [5.41, 5.74) is 0. The molecule has 1 atom stereocenters. The van der Waals surface area contributed by atoms with Gasteiger partial charge in [-0.1, -0.05) is 124 Å². The number of rotatable bonds is 4. The molecule has 0 radical (unpaired) electrons. The smallest absolute Gasteiger partial charge is 0.0496 e. The van der Waals surface area contributed by atoms with Gasteiger partial charge in [0.1, 0.15) is 0 Å². The minimum absolute atomic E-state index is 0.205. The van der Waals surface area contributed by atoms with E-state index >= 15 is 0 Å². The lowest BCUT2D eigenvalue weighted by molar-refractivity contribution is 0.801. The van der Waals surface area contributed by atoms with Crippen molar-refractivity contribution in [1.82, 2.24) is 0 Å². The van der Waals surface area contributed by atoms with Crippen molar-refractivity contribution in [3.63, 3.8) is 0 Å². The van der Waals surface area contributed by atoms with Gasteiger partial charge in [-0.25, -0.2) is 0 Å². The Labute approximate surface area is 190 Å². The Balaban J connectivity index is 1.76. The molecule has 4 aromatic rings. The third kappa shape index (κ3) is 4.10. The van der Waals surface area contributed by atoms with Crippen molar-refractivity contribution in [2.75, 3.05) is 0 Å². The zero-order chi connectivity index (χ0) is 21.4. The number of thioether (sulfide) groups is 1. The molecule has 154 valence electrons. The molecular formula is C29H27PS. The van der Waals surface area contributed by atoms with Gasteiger partial charge in [0.25, 0.3) is 0 Å². The van der Waals surface area contributed by atoms with Crippen molar-refractivity contribution in [3.05, 3.63) is 108 Å². The zero-order valence-corrected chi connectivity index (χ0v) is 20.0. The summed E-state index contributed by atoms with van der Waals surface area (Å²) in [4.78, 5) is 0. The Kier molecular flexibility index (Phi) is 5.51. The van der Waals surface area contributed by atoms with Crippen LogP contribution in [0.2, 0.25) is 0 Å². The van der Waals surface area contributed by atoms with E-state index in [0.717, 1.165) is 0 Å². The van der Waals surface area contributed by atoms with Crippen LogP contribution in [-0.2, 0) is 0 Å². The molecule has 0 fully saturated rings. The summed E-state index contributed by atoms with van der Waals surface area (Å²) in [6.07, 6.45) is 7.04. The standard InChI is InChI=1S/C29H27PS/c1-29(2,3)31-28-20-10-19-27(28)30(25-17-8-13-21-11-4-6-15-23(21)25)26-18-9-14-22-12-5-7-16-24(22)26/h4-20,28H,1-3H3. The first-order chi connectivity index (χ1) is 15.0. The van der Waals surface area contributed by atoms with Gasteiger partial charge in [0.05, 0.1) is 0 Å². The average Bonchev–Trinajstić information content (AvgIpc) is 3.20. The van der Waals surface area contributed by atoms with Gasteiger partial charge in [-0.3, -0.25) is 0 Å². The Bertz CT molecular complexity index is 1220. The van der Waals surface area contributed by atoms with Gasteiger partial charge in [0.15, 0.2) is 0 Å². The molecule has 0 nitrogen and oxygen atoms in total. The number of fused-ring (bicyclic) bond motifs is 2. The second kappa shape index (κ2) is 8.30. The van der Waals surface area contributed by atoms with Crippen molar-refractivity contribution in [3.8, 4) is 0 Å². The van der Waals surface area contributed by atoms with Gasteiger partial charge in [-0.2, -0.15) is 0 Å². The number of allylic oxidation sites excluding steroid dienone is 2. The molecule has 0 spiro atoms. The SMILES string of the molecule is CC(C)(C)SC1C=CC=C1P(c1cccc2ccccc12)c1cccc2ccccc12. The molecule has 1 aliphatic carbocycles. The quantitative estimate of drug-likeness (QED) is 0.293. The second-order valence-electron chi connectivity index (χ2n) is 8.96. The molecule has 0 aliphatic heterocycles. The predicted molar refractivity (Wildman–Crippen MR) is 142 cm³/mol. The van der Waals surface area contributed by atoms with Crippen molar-refractivity contribution < 1.29 is 0 Å². The summed E-state index contributed by atoms with van der Waals surface area (Å²) in [6.45, 7) is 6.96. The summed E-state index contributed by atoms with van der Waals surface area (Å²) < 4.78 is 0.205. The van der Waals surface area contributed by atoms with E-state index in [2.05, 4.69) is 136 Å². The van der Waals surface area contributed by atoms with Gasteiger partial charge in [-0.15, -0.1) is 11.8 Å². The topological polar surface area (TPSA) is 0 Å².